The molecule has 2 aliphatic rings. The minimum Gasteiger partial charge on any atom is -0.481 e. The molecule has 1 aliphatic heterocycles. The predicted octanol–water partition coefficient (Wildman–Crippen LogP) is 4.51. The Bertz CT molecular complexity index is 833. The van der Waals surface area contributed by atoms with Crippen LogP contribution in [0.5, 0.6) is 0 Å². The van der Waals surface area contributed by atoms with E-state index in [1.807, 2.05) is 24.3 Å². The first-order valence-electron chi connectivity index (χ1n) is 9.98. The molecular formula is C23H25NO4. The highest BCUT2D eigenvalue weighted by Crippen LogP contribution is 2.44. The van der Waals surface area contributed by atoms with Crippen molar-refractivity contribution in [2.45, 2.75) is 31.6 Å². The van der Waals surface area contributed by atoms with Crippen LogP contribution in [0.25, 0.3) is 11.1 Å². The Kier molecular flexibility index (Phi) is 5.33. The summed E-state index contributed by atoms with van der Waals surface area (Å²) in [6.07, 6.45) is 2.47. The highest BCUT2D eigenvalue weighted by Gasteiger charge is 2.30. The third-order valence-corrected chi connectivity index (χ3v) is 5.92. The van der Waals surface area contributed by atoms with Crippen molar-refractivity contribution in [2.24, 2.45) is 5.92 Å². The number of carboxylic acids is 1. The van der Waals surface area contributed by atoms with Gasteiger partial charge < -0.3 is 14.7 Å². The van der Waals surface area contributed by atoms with Gasteiger partial charge in [0.15, 0.2) is 0 Å². The maximum Gasteiger partial charge on any atom is 0.409 e. The highest BCUT2D eigenvalue weighted by molar-refractivity contribution is 5.79. The zero-order valence-corrected chi connectivity index (χ0v) is 15.8. The van der Waals surface area contributed by atoms with E-state index in [9.17, 15) is 14.7 Å². The van der Waals surface area contributed by atoms with Crippen LogP contribution in [0.1, 0.15) is 42.7 Å². The van der Waals surface area contributed by atoms with Crippen LogP contribution in [-0.2, 0) is 9.53 Å². The number of carbonyl (C=O) groups is 2. The summed E-state index contributed by atoms with van der Waals surface area (Å²) >= 11 is 0. The lowest BCUT2D eigenvalue weighted by atomic mass is 9.96. The summed E-state index contributed by atoms with van der Waals surface area (Å²) in [5, 5.41) is 9.28. The Morgan fingerprint density at radius 1 is 0.929 bits per heavy atom. The molecule has 1 heterocycles. The molecule has 1 amide bonds. The molecule has 0 aromatic heterocycles. The van der Waals surface area contributed by atoms with E-state index in [0.29, 0.717) is 32.5 Å². The van der Waals surface area contributed by atoms with E-state index in [-0.39, 0.29) is 17.9 Å². The lowest BCUT2D eigenvalue weighted by molar-refractivity contribution is -0.142. The zero-order chi connectivity index (χ0) is 19.5. The fourth-order valence-electron chi connectivity index (χ4n) is 4.38. The summed E-state index contributed by atoms with van der Waals surface area (Å²) in [5.74, 6) is -1.10. The number of rotatable bonds is 3. The standard InChI is InChI=1S/C23H25NO4/c25-22(26)16-7-5-6-13-24(14-12-16)23(27)28-15-21-19-10-3-1-8-17(19)18-9-2-4-11-20(18)21/h1-4,8-11,16,21H,5-7,12-15H2,(H,25,26). The molecule has 0 spiro atoms. The molecule has 2 aromatic rings. The van der Waals surface area contributed by atoms with Crippen LogP contribution in [0.3, 0.4) is 0 Å². The van der Waals surface area contributed by atoms with Crippen LogP contribution in [0, 0.1) is 5.92 Å². The second-order valence-corrected chi connectivity index (χ2v) is 7.61. The number of fused-ring (bicyclic) bond motifs is 3. The second-order valence-electron chi connectivity index (χ2n) is 7.61. The number of hydrogen-bond donors (Lipinski definition) is 1. The normalized spacial score (nSPS) is 19.3. The van der Waals surface area contributed by atoms with Crippen molar-refractivity contribution in [2.75, 3.05) is 19.7 Å². The van der Waals surface area contributed by atoms with Crippen LogP contribution >= 0.6 is 0 Å². The minimum atomic E-state index is -0.769. The molecule has 1 aliphatic carbocycles. The maximum atomic E-state index is 12.7. The number of ether oxygens (including phenoxy) is 1. The quantitative estimate of drug-likeness (QED) is 0.852. The van der Waals surface area contributed by atoms with Gasteiger partial charge in [-0.15, -0.1) is 0 Å². The Morgan fingerprint density at radius 2 is 1.57 bits per heavy atom. The van der Waals surface area contributed by atoms with E-state index in [2.05, 4.69) is 24.3 Å². The van der Waals surface area contributed by atoms with Gasteiger partial charge in [0, 0.05) is 19.0 Å². The number of carboxylic acid groups (broad SMARTS) is 1. The molecular weight excluding hydrogens is 354 g/mol. The van der Waals surface area contributed by atoms with Gasteiger partial charge in [-0.1, -0.05) is 55.0 Å². The first-order chi connectivity index (χ1) is 13.6. The van der Waals surface area contributed by atoms with E-state index in [1.54, 1.807) is 4.90 Å². The van der Waals surface area contributed by atoms with E-state index in [4.69, 9.17) is 4.74 Å². The molecule has 146 valence electrons. The number of amides is 1. The summed E-state index contributed by atoms with van der Waals surface area (Å²) in [6, 6.07) is 16.5. The molecule has 0 bridgehead atoms. The van der Waals surface area contributed by atoms with Gasteiger partial charge in [-0.2, -0.15) is 0 Å². The van der Waals surface area contributed by atoms with Gasteiger partial charge >= 0.3 is 12.1 Å². The number of benzene rings is 2. The second kappa shape index (κ2) is 8.05. The molecule has 1 saturated heterocycles. The first kappa shape index (κ1) is 18.5. The summed E-state index contributed by atoms with van der Waals surface area (Å²) < 4.78 is 5.71. The van der Waals surface area contributed by atoms with Gasteiger partial charge in [-0.3, -0.25) is 4.79 Å². The molecule has 28 heavy (non-hydrogen) atoms. The minimum absolute atomic E-state index is 0.0397. The molecule has 5 nitrogen and oxygen atoms in total. The largest absolute Gasteiger partial charge is 0.481 e. The summed E-state index contributed by atoms with van der Waals surface area (Å²) in [7, 11) is 0. The van der Waals surface area contributed by atoms with Gasteiger partial charge in [0.1, 0.15) is 6.61 Å². The van der Waals surface area contributed by atoms with Crippen molar-refractivity contribution in [1.82, 2.24) is 4.90 Å². The van der Waals surface area contributed by atoms with Gasteiger partial charge in [-0.25, -0.2) is 4.79 Å². The average molecular weight is 379 g/mol. The van der Waals surface area contributed by atoms with Crippen molar-refractivity contribution in [1.29, 1.82) is 0 Å². The smallest absolute Gasteiger partial charge is 0.409 e. The predicted molar refractivity (Wildman–Crippen MR) is 106 cm³/mol. The fourth-order valence-corrected chi connectivity index (χ4v) is 4.38. The van der Waals surface area contributed by atoms with E-state index < -0.39 is 5.97 Å². The number of aliphatic carboxylic acids is 1. The van der Waals surface area contributed by atoms with E-state index >= 15 is 0 Å². The van der Waals surface area contributed by atoms with Crippen molar-refractivity contribution >= 4 is 12.1 Å². The topological polar surface area (TPSA) is 66.8 Å². The van der Waals surface area contributed by atoms with Crippen molar-refractivity contribution < 1.29 is 19.4 Å². The molecule has 1 N–H and O–H groups in total. The molecule has 1 fully saturated rings. The van der Waals surface area contributed by atoms with Gasteiger partial charge in [0.2, 0.25) is 0 Å². The first-order valence-corrected chi connectivity index (χ1v) is 9.98. The average Bonchev–Trinajstić information content (AvgIpc) is 3.00. The Balaban J connectivity index is 1.44. The van der Waals surface area contributed by atoms with Crippen molar-refractivity contribution in [3.8, 4) is 11.1 Å². The molecule has 1 unspecified atom stereocenters. The fraction of sp³-hybridized carbons (Fsp3) is 0.391. The molecule has 5 heteroatoms. The van der Waals surface area contributed by atoms with Crippen LogP contribution in [0.15, 0.2) is 48.5 Å². The number of likely N-dealkylation sites (tertiary alicyclic amines) is 1. The molecule has 1 atom stereocenters. The Labute approximate surface area is 164 Å². The maximum absolute atomic E-state index is 12.7. The van der Waals surface area contributed by atoms with Crippen LogP contribution in [-0.4, -0.2) is 41.8 Å². The van der Waals surface area contributed by atoms with Crippen LogP contribution in [0.2, 0.25) is 0 Å². The number of hydrogen-bond acceptors (Lipinski definition) is 3. The number of nitrogens with zero attached hydrogens (tertiary/aromatic N) is 1. The van der Waals surface area contributed by atoms with Gasteiger partial charge in [0.05, 0.1) is 5.92 Å². The molecule has 0 saturated carbocycles. The third-order valence-electron chi connectivity index (χ3n) is 5.92. The molecule has 4 rings (SSSR count). The Hall–Kier alpha value is -2.82. The van der Waals surface area contributed by atoms with Crippen LogP contribution in [0.4, 0.5) is 4.79 Å². The summed E-state index contributed by atoms with van der Waals surface area (Å²) in [5.41, 5.74) is 4.79. The zero-order valence-electron chi connectivity index (χ0n) is 15.8. The summed E-state index contributed by atoms with van der Waals surface area (Å²) in [4.78, 5) is 25.6. The monoisotopic (exact) mass is 379 g/mol. The lowest BCUT2D eigenvalue weighted by Gasteiger charge is -2.27. The lowest BCUT2D eigenvalue weighted by Crippen LogP contribution is -2.37. The highest BCUT2D eigenvalue weighted by atomic mass is 16.6. The van der Waals surface area contributed by atoms with Gasteiger partial charge in [-0.05, 0) is 41.5 Å². The Morgan fingerprint density at radius 3 is 2.21 bits per heavy atom. The number of carbonyl (C=O) groups excluding carboxylic acids is 1. The molecule has 0 radical (unpaired) electrons. The van der Waals surface area contributed by atoms with Gasteiger partial charge in [0.25, 0.3) is 0 Å². The SMILES string of the molecule is O=C(O)C1CCCCN(C(=O)OCC2c3ccccc3-c3ccccc32)CC1. The molecule has 2 aromatic carbocycles. The van der Waals surface area contributed by atoms with Crippen molar-refractivity contribution in [3.63, 3.8) is 0 Å². The van der Waals surface area contributed by atoms with E-state index in [1.165, 1.54) is 22.3 Å². The van der Waals surface area contributed by atoms with Crippen LogP contribution < -0.4 is 0 Å². The van der Waals surface area contributed by atoms with Crippen molar-refractivity contribution in [3.05, 3.63) is 59.7 Å². The third kappa shape index (κ3) is 3.61. The summed E-state index contributed by atoms with van der Waals surface area (Å²) in [6.45, 7) is 1.36. The van der Waals surface area contributed by atoms with E-state index in [0.717, 1.165) is 12.8 Å².